The van der Waals surface area contributed by atoms with Crippen molar-refractivity contribution in [2.75, 3.05) is 26.2 Å². The van der Waals surface area contributed by atoms with Gasteiger partial charge in [-0.3, -0.25) is 4.79 Å². The Hall–Kier alpha value is -1.26. The smallest absolute Gasteiger partial charge is 0.257 e. The van der Waals surface area contributed by atoms with Crippen molar-refractivity contribution in [3.63, 3.8) is 0 Å². The summed E-state index contributed by atoms with van der Waals surface area (Å²) in [5.41, 5.74) is 1.34. The minimum atomic E-state index is -0.0498. The van der Waals surface area contributed by atoms with Gasteiger partial charge in [0.15, 0.2) is 6.61 Å². The van der Waals surface area contributed by atoms with Crippen molar-refractivity contribution >= 4 is 18.3 Å². The lowest BCUT2D eigenvalue weighted by Crippen LogP contribution is -2.43. The van der Waals surface area contributed by atoms with Crippen molar-refractivity contribution in [1.29, 1.82) is 0 Å². The Morgan fingerprint density at radius 1 is 1.38 bits per heavy atom. The van der Waals surface area contributed by atoms with E-state index in [4.69, 9.17) is 4.74 Å². The van der Waals surface area contributed by atoms with E-state index < -0.39 is 0 Å². The van der Waals surface area contributed by atoms with E-state index in [1.54, 1.807) is 0 Å². The predicted molar refractivity (Wildman–Crippen MR) is 87.1 cm³/mol. The maximum atomic E-state index is 11.8. The maximum Gasteiger partial charge on any atom is 0.257 e. The summed E-state index contributed by atoms with van der Waals surface area (Å²) in [6, 6.07) is 7.74. The van der Waals surface area contributed by atoms with Crippen LogP contribution in [0.25, 0.3) is 0 Å². The summed E-state index contributed by atoms with van der Waals surface area (Å²) in [7, 11) is 0. The highest BCUT2D eigenvalue weighted by Crippen LogP contribution is 2.26. The first-order valence-corrected chi connectivity index (χ1v) is 7.24. The molecule has 0 aromatic heterocycles. The molecule has 0 unspecified atom stereocenters. The van der Waals surface area contributed by atoms with Crippen LogP contribution >= 0.6 is 12.4 Å². The van der Waals surface area contributed by atoms with Gasteiger partial charge < -0.3 is 15.4 Å². The molecular formula is C16H25ClN2O2. The maximum absolute atomic E-state index is 11.8. The molecule has 5 heteroatoms. The zero-order valence-corrected chi connectivity index (χ0v) is 13.6. The molecule has 1 saturated heterocycles. The Bertz CT molecular complexity index is 459. The molecule has 2 N–H and O–H groups in total. The van der Waals surface area contributed by atoms with E-state index in [0.29, 0.717) is 0 Å². The molecule has 0 aliphatic carbocycles. The molecule has 0 radical (unpaired) electrons. The fourth-order valence-electron chi connectivity index (χ4n) is 2.42. The van der Waals surface area contributed by atoms with E-state index in [0.717, 1.165) is 43.8 Å². The number of rotatable bonds is 5. The average molecular weight is 313 g/mol. The normalized spacial score (nSPS) is 16.7. The molecule has 1 heterocycles. The summed E-state index contributed by atoms with van der Waals surface area (Å²) in [4.78, 5) is 11.8. The van der Waals surface area contributed by atoms with Crippen LogP contribution in [-0.4, -0.2) is 32.1 Å². The van der Waals surface area contributed by atoms with Crippen molar-refractivity contribution in [2.24, 2.45) is 5.41 Å². The van der Waals surface area contributed by atoms with E-state index >= 15 is 0 Å². The Labute approximate surface area is 133 Å². The molecule has 118 valence electrons. The third-order valence-corrected chi connectivity index (χ3v) is 3.88. The van der Waals surface area contributed by atoms with E-state index in [1.807, 2.05) is 31.2 Å². The summed E-state index contributed by atoms with van der Waals surface area (Å²) >= 11 is 0. The van der Waals surface area contributed by atoms with Crippen molar-refractivity contribution in [3.05, 3.63) is 29.8 Å². The number of nitrogens with one attached hydrogen (secondary N) is 2. The topological polar surface area (TPSA) is 50.4 Å². The van der Waals surface area contributed by atoms with Crippen LogP contribution in [0.15, 0.2) is 24.3 Å². The van der Waals surface area contributed by atoms with Crippen LogP contribution in [0.5, 0.6) is 5.75 Å². The molecule has 21 heavy (non-hydrogen) atoms. The number of halogens is 1. The molecule has 1 fully saturated rings. The van der Waals surface area contributed by atoms with Crippen molar-refractivity contribution < 1.29 is 9.53 Å². The van der Waals surface area contributed by atoms with Gasteiger partial charge in [-0.25, -0.2) is 0 Å². The van der Waals surface area contributed by atoms with Crippen LogP contribution in [0, 0.1) is 12.3 Å². The Kier molecular flexibility index (Phi) is 6.99. The van der Waals surface area contributed by atoms with Gasteiger partial charge in [0.2, 0.25) is 0 Å². The monoisotopic (exact) mass is 312 g/mol. The minimum Gasteiger partial charge on any atom is -0.484 e. The van der Waals surface area contributed by atoms with Gasteiger partial charge in [0.1, 0.15) is 5.75 Å². The summed E-state index contributed by atoms with van der Waals surface area (Å²) in [5.74, 6) is 0.694. The average Bonchev–Trinajstić information content (AvgIpc) is 2.44. The van der Waals surface area contributed by atoms with Crippen LogP contribution in [0.3, 0.4) is 0 Å². The van der Waals surface area contributed by atoms with E-state index in [-0.39, 0.29) is 30.3 Å². The summed E-state index contributed by atoms with van der Waals surface area (Å²) in [6.07, 6.45) is 2.21. The first kappa shape index (κ1) is 17.8. The number of piperidine rings is 1. The van der Waals surface area contributed by atoms with Crippen LogP contribution in [-0.2, 0) is 4.79 Å². The first-order chi connectivity index (χ1) is 9.57. The van der Waals surface area contributed by atoms with Crippen molar-refractivity contribution in [3.8, 4) is 5.75 Å². The van der Waals surface area contributed by atoms with Crippen LogP contribution in [0.1, 0.15) is 25.3 Å². The second kappa shape index (κ2) is 8.25. The van der Waals surface area contributed by atoms with Gasteiger partial charge in [0.05, 0.1) is 0 Å². The largest absolute Gasteiger partial charge is 0.484 e. The second-order valence-electron chi connectivity index (χ2n) is 5.94. The number of hydrogen-bond donors (Lipinski definition) is 2. The van der Waals surface area contributed by atoms with E-state index in [9.17, 15) is 4.79 Å². The van der Waals surface area contributed by atoms with Crippen molar-refractivity contribution in [1.82, 2.24) is 10.6 Å². The van der Waals surface area contributed by atoms with Gasteiger partial charge in [-0.05, 0) is 56.0 Å². The lowest BCUT2D eigenvalue weighted by Gasteiger charge is -2.34. The zero-order valence-electron chi connectivity index (χ0n) is 12.8. The minimum absolute atomic E-state index is 0. The molecule has 1 aliphatic rings. The third-order valence-electron chi connectivity index (χ3n) is 3.88. The fourth-order valence-corrected chi connectivity index (χ4v) is 2.42. The molecular weight excluding hydrogens is 288 g/mol. The predicted octanol–water partition coefficient (Wildman–Crippen LogP) is 2.30. The highest BCUT2D eigenvalue weighted by Gasteiger charge is 2.26. The van der Waals surface area contributed by atoms with Crippen molar-refractivity contribution in [2.45, 2.75) is 26.7 Å². The summed E-state index contributed by atoms with van der Waals surface area (Å²) < 4.78 is 5.50. The fraction of sp³-hybridized carbons (Fsp3) is 0.562. The number of ether oxygens (including phenoxy) is 1. The highest BCUT2D eigenvalue weighted by molar-refractivity contribution is 5.85. The number of amides is 1. The highest BCUT2D eigenvalue weighted by atomic mass is 35.5. The van der Waals surface area contributed by atoms with Gasteiger partial charge in [-0.2, -0.15) is 0 Å². The first-order valence-electron chi connectivity index (χ1n) is 7.24. The Morgan fingerprint density at radius 3 is 2.76 bits per heavy atom. The number of carbonyl (C=O) groups excluding carboxylic acids is 1. The number of hydrogen-bond acceptors (Lipinski definition) is 3. The summed E-state index contributed by atoms with van der Waals surface area (Å²) in [6.45, 7) is 7.11. The lowest BCUT2D eigenvalue weighted by atomic mass is 9.81. The lowest BCUT2D eigenvalue weighted by molar-refractivity contribution is -0.123. The van der Waals surface area contributed by atoms with Crippen LogP contribution < -0.4 is 15.4 Å². The van der Waals surface area contributed by atoms with Crippen LogP contribution in [0.4, 0.5) is 0 Å². The zero-order chi connectivity index (χ0) is 14.4. The van der Waals surface area contributed by atoms with Gasteiger partial charge in [0, 0.05) is 6.54 Å². The molecule has 1 aromatic rings. The Morgan fingerprint density at radius 2 is 2.10 bits per heavy atom. The summed E-state index contributed by atoms with van der Waals surface area (Å²) in [5, 5.41) is 6.33. The SMILES string of the molecule is Cc1cccc(OCC(=O)NCC2(C)CCNCC2)c1.Cl. The van der Waals surface area contributed by atoms with Gasteiger partial charge in [0.25, 0.3) is 5.91 Å². The van der Waals surface area contributed by atoms with E-state index in [1.165, 1.54) is 0 Å². The molecule has 1 amide bonds. The molecule has 0 saturated carbocycles. The Balaban J connectivity index is 0.00000220. The van der Waals surface area contributed by atoms with Gasteiger partial charge in [-0.15, -0.1) is 12.4 Å². The third kappa shape index (κ3) is 5.94. The molecule has 0 bridgehead atoms. The molecule has 0 atom stereocenters. The standard InChI is InChI=1S/C16H24N2O2.ClH/c1-13-4-3-5-14(10-13)20-11-15(19)18-12-16(2)6-8-17-9-7-16;/h3-5,10,17H,6-9,11-12H2,1-2H3,(H,18,19);1H. The second-order valence-corrected chi connectivity index (χ2v) is 5.94. The van der Waals surface area contributed by atoms with Gasteiger partial charge in [-0.1, -0.05) is 19.1 Å². The van der Waals surface area contributed by atoms with Gasteiger partial charge >= 0.3 is 0 Å². The number of benzene rings is 1. The quantitative estimate of drug-likeness (QED) is 0.877. The molecule has 4 nitrogen and oxygen atoms in total. The number of carbonyl (C=O) groups is 1. The van der Waals surface area contributed by atoms with Crippen LogP contribution in [0.2, 0.25) is 0 Å². The van der Waals surface area contributed by atoms with E-state index in [2.05, 4.69) is 17.6 Å². The molecule has 2 rings (SSSR count). The number of aryl methyl sites for hydroxylation is 1. The molecule has 0 spiro atoms. The molecule has 1 aliphatic heterocycles. The molecule has 1 aromatic carbocycles.